The molecule has 0 aliphatic carbocycles. The zero-order valence-corrected chi connectivity index (χ0v) is 12.1. The Labute approximate surface area is 113 Å². The van der Waals surface area contributed by atoms with E-state index in [0.29, 0.717) is 6.42 Å². The fourth-order valence-corrected chi connectivity index (χ4v) is 2.75. The Bertz CT molecular complexity index is 568. The number of benzene rings is 1. The zero-order chi connectivity index (χ0) is 14.7. The summed E-state index contributed by atoms with van der Waals surface area (Å²) in [4.78, 5) is 11.3. The quantitative estimate of drug-likeness (QED) is 0.834. The van der Waals surface area contributed by atoms with Gasteiger partial charge in [0.05, 0.1) is 10.3 Å². The van der Waals surface area contributed by atoms with Crippen LogP contribution in [0.5, 0.6) is 0 Å². The van der Waals surface area contributed by atoms with Gasteiger partial charge in [0.25, 0.3) is 0 Å². The smallest absolute Gasteiger partial charge is 0.310 e. The van der Waals surface area contributed by atoms with Crippen LogP contribution in [-0.4, -0.2) is 26.0 Å². The van der Waals surface area contributed by atoms with Crippen LogP contribution >= 0.6 is 0 Å². The highest BCUT2D eigenvalue weighted by Gasteiger charge is 2.32. The molecule has 0 bridgehead atoms. The monoisotopic (exact) mass is 285 g/mol. The maximum atomic E-state index is 12.1. The van der Waals surface area contributed by atoms with Crippen molar-refractivity contribution >= 4 is 16.0 Å². The van der Waals surface area contributed by atoms with Crippen molar-refractivity contribution in [2.75, 3.05) is 6.54 Å². The number of carboxylic acids is 1. The lowest BCUT2D eigenvalue weighted by atomic mass is 9.88. The summed E-state index contributed by atoms with van der Waals surface area (Å²) >= 11 is 0. The Hall–Kier alpha value is -1.40. The van der Waals surface area contributed by atoms with E-state index in [4.69, 9.17) is 5.11 Å². The van der Waals surface area contributed by atoms with Crippen molar-refractivity contribution in [3.8, 4) is 0 Å². The van der Waals surface area contributed by atoms with Gasteiger partial charge in [-0.25, -0.2) is 13.1 Å². The number of hydrogen-bond donors (Lipinski definition) is 2. The summed E-state index contributed by atoms with van der Waals surface area (Å²) in [5.41, 5.74) is -0.268. The normalized spacial score (nSPS) is 14.9. The molecule has 2 N–H and O–H groups in total. The third-order valence-electron chi connectivity index (χ3n) is 3.25. The van der Waals surface area contributed by atoms with Gasteiger partial charge in [0, 0.05) is 6.54 Å². The van der Waals surface area contributed by atoms with E-state index in [-0.39, 0.29) is 11.4 Å². The van der Waals surface area contributed by atoms with Gasteiger partial charge in [-0.3, -0.25) is 4.79 Å². The van der Waals surface area contributed by atoms with Gasteiger partial charge >= 0.3 is 5.97 Å². The first kappa shape index (κ1) is 15.7. The van der Waals surface area contributed by atoms with Gasteiger partial charge in [0.1, 0.15) is 0 Å². The molecule has 0 fully saturated rings. The van der Waals surface area contributed by atoms with Crippen LogP contribution in [-0.2, 0) is 14.8 Å². The molecule has 0 amide bonds. The molecule has 1 atom stereocenters. The molecular formula is C13H19NO4S. The standard InChI is InChI=1S/C13H19NO4S/c1-4-13(3,12(15)16)9-14-19(17,18)11-7-5-6-10(2)8-11/h5-8,14H,4,9H2,1-3H3,(H,15,16). The lowest BCUT2D eigenvalue weighted by molar-refractivity contribution is -0.147. The predicted octanol–water partition coefficient (Wildman–Crippen LogP) is 1.77. The molecule has 1 rings (SSSR count). The molecule has 1 aromatic rings. The van der Waals surface area contributed by atoms with Crippen LogP contribution in [0.3, 0.4) is 0 Å². The molecule has 0 radical (unpaired) electrons. The number of sulfonamides is 1. The number of carboxylic acid groups (broad SMARTS) is 1. The number of rotatable bonds is 6. The van der Waals surface area contributed by atoms with Crippen LogP contribution in [0.1, 0.15) is 25.8 Å². The van der Waals surface area contributed by atoms with Crippen molar-refractivity contribution in [3.63, 3.8) is 0 Å². The fraction of sp³-hybridized carbons (Fsp3) is 0.462. The van der Waals surface area contributed by atoms with Crippen molar-refractivity contribution < 1.29 is 18.3 Å². The van der Waals surface area contributed by atoms with Gasteiger partial charge < -0.3 is 5.11 Å². The number of aliphatic carboxylic acids is 1. The lowest BCUT2D eigenvalue weighted by Gasteiger charge is -2.23. The maximum absolute atomic E-state index is 12.1. The van der Waals surface area contributed by atoms with Crippen LogP contribution < -0.4 is 4.72 Å². The van der Waals surface area contributed by atoms with Gasteiger partial charge in [-0.05, 0) is 38.0 Å². The Morgan fingerprint density at radius 3 is 2.53 bits per heavy atom. The second kappa shape index (κ2) is 5.71. The van der Waals surface area contributed by atoms with Crippen LogP contribution in [0.15, 0.2) is 29.2 Å². The van der Waals surface area contributed by atoms with E-state index >= 15 is 0 Å². The first-order chi connectivity index (χ1) is 8.71. The Balaban J connectivity index is 2.90. The minimum absolute atomic E-state index is 0.130. The molecule has 0 aromatic heterocycles. The third kappa shape index (κ3) is 3.78. The molecule has 0 saturated carbocycles. The minimum atomic E-state index is -3.67. The van der Waals surface area contributed by atoms with Gasteiger partial charge in [-0.2, -0.15) is 0 Å². The average molecular weight is 285 g/mol. The van der Waals surface area contributed by atoms with Crippen molar-refractivity contribution in [1.29, 1.82) is 0 Å². The zero-order valence-electron chi connectivity index (χ0n) is 11.3. The van der Waals surface area contributed by atoms with Gasteiger partial charge in [-0.15, -0.1) is 0 Å². The van der Waals surface area contributed by atoms with Crippen molar-refractivity contribution in [2.24, 2.45) is 5.41 Å². The Morgan fingerprint density at radius 1 is 1.42 bits per heavy atom. The molecule has 1 unspecified atom stereocenters. The molecule has 0 aliphatic rings. The fourth-order valence-electron chi connectivity index (χ4n) is 1.47. The highest BCUT2D eigenvalue weighted by Crippen LogP contribution is 2.21. The Morgan fingerprint density at radius 2 is 2.05 bits per heavy atom. The highest BCUT2D eigenvalue weighted by molar-refractivity contribution is 7.89. The molecule has 106 valence electrons. The highest BCUT2D eigenvalue weighted by atomic mass is 32.2. The molecule has 0 saturated heterocycles. The lowest BCUT2D eigenvalue weighted by Crippen LogP contribution is -2.40. The largest absolute Gasteiger partial charge is 0.481 e. The topological polar surface area (TPSA) is 83.5 Å². The number of nitrogens with one attached hydrogen (secondary N) is 1. The van der Waals surface area contributed by atoms with Crippen LogP contribution in [0.2, 0.25) is 0 Å². The summed E-state index contributed by atoms with van der Waals surface area (Å²) in [6.45, 7) is 4.91. The second-order valence-corrected chi connectivity index (χ2v) is 6.63. The van der Waals surface area contributed by atoms with Gasteiger partial charge in [0.15, 0.2) is 0 Å². The summed E-state index contributed by atoms with van der Waals surface area (Å²) < 4.78 is 26.5. The summed E-state index contributed by atoms with van der Waals surface area (Å²) in [7, 11) is -3.67. The molecular weight excluding hydrogens is 266 g/mol. The maximum Gasteiger partial charge on any atom is 0.310 e. The van der Waals surface area contributed by atoms with Crippen molar-refractivity contribution in [2.45, 2.75) is 32.1 Å². The molecule has 0 spiro atoms. The van der Waals surface area contributed by atoms with E-state index in [1.165, 1.54) is 13.0 Å². The predicted molar refractivity (Wildman–Crippen MR) is 72.4 cm³/mol. The number of hydrogen-bond acceptors (Lipinski definition) is 3. The second-order valence-electron chi connectivity index (χ2n) is 4.86. The van der Waals surface area contributed by atoms with Gasteiger partial charge in [0.2, 0.25) is 10.0 Å². The van der Waals surface area contributed by atoms with E-state index in [0.717, 1.165) is 5.56 Å². The van der Waals surface area contributed by atoms with E-state index < -0.39 is 21.4 Å². The Kier molecular flexibility index (Phi) is 4.70. The average Bonchev–Trinajstić information content (AvgIpc) is 2.36. The minimum Gasteiger partial charge on any atom is -0.481 e. The summed E-state index contributed by atoms with van der Waals surface area (Å²) in [6.07, 6.45) is 0.346. The van der Waals surface area contributed by atoms with Crippen molar-refractivity contribution in [1.82, 2.24) is 4.72 Å². The molecule has 19 heavy (non-hydrogen) atoms. The summed E-state index contributed by atoms with van der Waals surface area (Å²) in [5, 5.41) is 9.11. The molecule has 1 aromatic carbocycles. The van der Waals surface area contributed by atoms with E-state index in [9.17, 15) is 13.2 Å². The molecule has 6 heteroatoms. The van der Waals surface area contributed by atoms with E-state index in [1.807, 2.05) is 0 Å². The van der Waals surface area contributed by atoms with Crippen LogP contribution in [0.25, 0.3) is 0 Å². The first-order valence-corrected chi connectivity index (χ1v) is 7.49. The molecule has 5 nitrogen and oxygen atoms in total. The van der Waals surface area contributed by atoms with Crippen LogP contribution in [0.4, 0.5) is 0 Å². The van der Waals surface area contributed by atoms with E-state index in [1.54, 1.807) is 32.0 Å². The number of carbonyl (C=O) groups is 1. The van der Waals surface area contributed by atoms with Gasteiger partial charge in [-0.1, -0.05) is 19.1 Å². The summed E-state index contributed by atoms with van der Waals surface area (Å²) in [5.74, 6) is -1.01. The molecule has 0 aliphatic heterocycles. The summed E-state index contributed by atoms with van der Waals surface area (Å²) in [6, 6.07) is 6.48. The van der Waals surface area contributed by atoms with E-state index in [2.05, 4.69) is 4.72 Å². The SMILES string of the molecule is CCC(C)(CNS(=O)(=O)c1cccc(C)c1)C(=O)O. The molecule has 0 heterocycles. The first-order valence-electron chi connectivity index (χ1n) is 6.01. The van der Waals surface area contributed by atoms with Crippen molar-refractivity contribution in [3.05, 3.63) is 29.8 Å². The number of aryl methyl sites for hydroxylation is 1. The van der Waals surface area contributed by atoms with Crippen LogP contribution in [0, 0.1) is 12.3 Å². The third-order valence-corrected chi connectivity index (χ3v) is 4.65.